The Labute approximate surface area is 206 Å². The third-order valence-corrected chi connectivity index (χ3v) is 7.73. The number of aromatic amines is 2. The van der Waals surface area contributed by atoms with E-state index in [-0.39, 0.29) is 23.3 Å². The lowest BCUT2D eigenvalue weighted by molar-refractivity contribution is 0.419. The first-order valence-corrected chi connectivity index (χ1v) is 13.4. The smallest absolute Gasteiger partial charge is 0.239 e. The number of piperazine rings is 1. The summed E-state index contributed by atoms with van der Waals surface area (Å²) in [6.07, 6.45) is 1.33. The van der Waals surface area contributed by atoms with Gasteiger partial charge in [0.25, 0.3) is 0 Å². The van der Waals surface area contributed by atoms with Crippen LogP contribution in [0.3, 0.4) is 0 Å². The van der Waals surface area contributed by atoms with Crippen LogP contribution in [0.25, 0.3) is 33.5 Å². The molecule has 14 heteroatoms. The van der Waals surface area contributed by atoms with E-state index in [1.54, 1.807) is 6.07 Å². The van der Waals surface area contributed by atoms with Crippen LogP contribution in [0.4, 0.5) is 0 Å². The summed E-state index contributed by atoms with van der Waals surface area (Å²) < 4.78 is 29.2. The van der Waals surface area contributed by atoms with Crippen molar-refractivity contribution in [2.24, 2.45) is 10.9 Å². The lowest BCUT2D eigenvalue weighted by Gasteiger charge is -2.24. The predicted molar refractivity (Wildman–Crippen MR) is 135 cm³/mol. The lowest BCUT2D eigenvalue weighted by Crippen LogP contribution is -2.51. The molecular formula is C21H26N10O2S2. The Hall–Kier alpha value is -2.85. The van der Waals surface area contributed by atoms with E-state index >= 15 is 0 Å². The van der Waals surface area contributed by atoms with Gasteiger partial charge < -0.3 is 21.4 Å². The van der Waals surface area contributed by atoms with E-state index in [1.807, 2.05) is 24.3 Å². The van der Waals surface area contributed by atoms with E-state index in [4.69, 9.17) is 10.9 Å². The molecule has 184 valence electrons. The molecule has 12 nitrogen and oxygen atoms in total. The molecule has 2 aromatic carbocycles. The van der Waals surface area contributed by atoms with Gasteiger partial charge in [0.1, 0.15) is 17.0 Å². The molecule has 0 saturated carbocycles. The highest BCUT2D eigenvalue weighted by Gasteiger charge is 2.27. The maximum Gasteiger partial charge on any atom is 0.239 e. The minimum Gasteiger partial charge on any atom is -0.341 e. The van der Waals surface area contributed by atoms with Crippen molar-refractivity contribution in [3.8, 4) is 22.5 Å². The van der Waals surface area contributed by atoms with E-state index in [0.717, 1.165) is 30.7 Å². The van der Waals surface area contributed by atoms with Gasteiger partial charge in [-0.15, -0.1) is 0 Å². The number of rotatable bonds is 8. The van der Waals surface area contributed by atoms with Gasteiger partial charge in [-0.25, -0.2) is 23.5 Å². The van der Waals surface area contributed by atoms with Gasteiger partial charge in [-0.1, -0.05) is 18.2 Å². The number of aromatic nitrogens is 5. The molecule has 3 heterocycles. The van der Waals surface area contributed by atoms with Crippen molar-refractivity contribution in [2.75, 3.05) is 26.2 Å². The van der Waals surface area contributed by atoms with Crippen LogP contribution in [0, 0.1) is 0 Å². The third-order valence-electron chi connectivity index (χ3n) is 5.74. The zero-order valence-electron chi connectivity index (χ0n) is 18.7. The van der Waals surface area contributed by atoms with Crippen LogP contribution in [0.5, 0.6) is 0 Å². The number of para-hydroxylation sites is 1. The Kier molecular flexibility index (Phi) is 6.84. The van der Waals surface area contributed by atoms with E-state index in [9.17, 15) is 8.42 Å². The molecule has 2 aromatic heterocycles. The summed E-state index contributed by atoms with van der Waals surface area (Å²) in [4.78, 5) is 12.5. The van der Waals surface area contributed by atoms with Crippen LogP contribution in [0.1, 0.15) is 5.82 Å². The topological polar surface area (TPSA) is 193 Å². The van der Waals surface area contributed by atoms with Crippen LogP contribution in [-0.4, -0.2) is 65.8 Å². The second-order valence-electron chi connectivity index (χ2n) is 8.09. The SMILES string of the molecule is NCc1nc2c(-c3ccc(SNC[C@@H]4CNCCN4)c(S(N)(=O)=O)c3-c3ncn[nH]3)cccc2[nH]1. The highest BCUT2D eigenvalue weighted by molar-refractivity contribution is 7.98. The fourth-order valence-corrected chi connectivity index (χ4v) is 6.27. The number of hydrogen-bond donors (Lipinski definition) is 7. The van der Waals surface area contributed by atoms with Gasteiger partial charge in [0, 0.05) is 48.2 Å². The average Bonchev–Trinajstić information content (AvgIpc) is 3.53. The fraction of sp³-hybridized carbons (Fsp3) is 0.286. The van der Waals surface area contributed by atoms with Gasteiger partial charge >= 0.3 is 0 Å². The largest absolute Gasteiger partial charge is 0.341 e. The second kappa shape index (κ2) is 10.0. The van der Waals surface area contributed by atoms with Crippen molar-refractivity contribution >= 4 is 33.0 Å². The molecule has 0 radical (unpaired) electrons. The fourth-order valence-electron chi connectivity index (χ4n) is 4.19. The molecule has 1 aliphatic heterocycles. The van der Waals surface area contributed by atoms with Gasteiger partial charge in [0.05, 0.1) is 17.6 Å². The van der Waals surface area contributed by atoms with Crippen LogP contribution in [0.15, 0.2) is 46.5 Å². The number of nitrogens with two attached hydrogens (primary N) is 2. The molecule has 1 saturated heterocycles. The van der Waals surface area contributed by atoms with E-state index in [1.165, 1.54) is 18.3 Å². The quantitative estimate of drug-likeness (QED) is 0.161. The summed E-state index contributed by atoms with van der Waals surface area (Å²) in [5.74, 6) is 0.915. The second-order valence-corrected chi connectivity index (χ2v) is 10.5. The first-order valence-electron chi connectivity index (χ1n) is 11.0. The van der Waals surface area contributed by atoms with Gasteiger partial charge in [-0.2, -0.15) is 5.10 Å². The molecule has 0 bridgehead atoms. The van der Waals surface area contributed by atoms with E-state index in [0.29, 0.717) is 33.9 Å². The molecule has 1 aliphatic rings. The predicted octanol–water partition coefficient (Wildman–Crippen LogP) is 0.279. The number of H-pyrrole nitrogens is 2. The molecule has 9 N–H and O–H groups in total. The summed E-state index contributed by atoms with van der Waals surface area (Å²) in [7, 11) is -4.15. The summed E-state index contributed by atoms with van der Waals surface area (Å²) in [6.45, 7) is 3.52. The Bertz CT molecular complexity index is 1430. The molecule has 0 unspecified atom stereocenters. The van der Waals surface area contributed by atoms with Crippen molar-refractivity contribution in [3.63, 3.8) is 0 Å². The Balaban J connectivity index is 1.63. The van der Waals surface area contributed by atoms with Crippen LogP contribution >= 0.6 is 11.9 Å². The van der Waals surface area contributed by atoms with Crippen molar-refractivity contribution in [1.82, 2.24) is 40.5 Å². The zero-order chi connectivity index (χ0) is 24.4. The number of imidazole rings is 1. The summed E-state index contributed by atoms with van der Waals surface area (Å²) >= 11 is 1.22. The molecule has 1 atom stereocenters. The maximum atomic E-state index is 12.9. The number of sulfonamides is 1. The van der Waals surface area contributed by atoms with Crippen molar-refractivity contribution in [3.05, 3.63) is 42.5 Å². The number of nitrogens with zero attached hydrogens (tertiary/aromatic N) is 3. The summed E-state index contributed by atoms with van der Waals surface area (Å²) in [6, 6.07) is 9.46. The average molecular weight is 515 g/mol. The highest BCUT2D eigenvalue weighted by Crippen LogP contribution is 2.41. The normalized spacial score (nSPS) is 16.7. The van der Waals surface area contributed by atoms with Crippen molar-refractivity contribution in [2.45, 2.75) is 22.4 Å². The minimum absolute atomic E-state index is 0.0365. The summed E-state index contributed by atoms with van der Waals surface area (Å²) in [5, 5.41) is 19.3. The molecule has 1 fully saturated rings. The Morgan fingerprint density at radius 1 is 1.17 bits per heavy atom. The molecule has 4 aromatic rings. The number of hydrogen-bond acceptors (Lipinski definition) is 10. The number of benzene rings is 2. The van der Waals surface area contributed by atoms with Gasteiger partial charge in [0.15, 0.2) is 5.82 Å². The highest BCUT2D eigenvalue weighted by atomic mass is 32.2. The standard InChI is InChI=1S/C21H26N10O2S2/c22-8-17-29-15-3-1-2-14(19(15)30-17)13-4-5-16(34-28-10-12-9-24-6-7-25-12)20(35(23,32)33)18(13)21-26-11-27-31-21/h1-5,11-12,24-25,28H,6-10,22H2,(H,29,30)(H2,23,32,33)(H,26,27,31)/t12-/m0/s1. The summed E-state index contributed by atoms with van der Waals surface area (Å²) in [5.41, 5.74) is 8.90. The molecule has 35 heavy (non-hydrogen) atoms. The monoisotopic (exact) mass is 514 g/mol. The van der Waals surface area contributed by atoms with E-state index in [2.05, 4.69) is 40.5 Å². The molecule has 0 spiro atoms. The van der Waals surface area contributed by atoms with Crippen molar-refractivity contribution < 1.29 is 8.42 Å². The van der Waals surface area contributed by atoms with Crippen molar-refractivity contribution in [1.29, 1.82) is 0 Å². The lowest BCUT2D eigenvalue weighted by atomic mass is 9.98. The molecule has 0 amide bonds. The van der Waals surface area contributed by atoms with Gasteiger partial charge in [-0.3, -0.25) is 9.82 Å². The van der Waals surface area contributed by atoms with E-state index < -0.39 is 10.0 Å². The number of fused-ring (bicyclic) bond motifs is 1. The number of nitrogens with one attached hydrogen (secondary N) is 5. The Morgan fingerprint density at radius 2 is 2.06 bits per heavy atom. The first kappa shape index (κ1) is 23.9. The molecule has 5 rings (SSSR count). The molecule has 0 aliphatic carbocycles. The van der Waals surface area contributed by atoms with Crippen LogP contribution < -0.4 is 26.2 Å². The van der Waals surface area contributed by atoms with Crippen LogP contribution in [-0.2, 0) is 16.6 Å². The number of primary sulfonamides is 1. The molecular weight excluding hydrogens is 488 g/mol. The van der Waals surface area contributed by atoms with Crippen LogP contribution in [0.2, 0.25) is 0 Å². The zero-order valence-corrected chi connectivity index (χ0v) is 20.3. The van der Waals surface area contributed by atoms with Gasteiger partial charge in [0.2, 0.25) is 10.0 Å². The minimum atomic E-state index is -4.15. The van der Waals surface area contributed by atoms with Gasteiger partial charge in [-0.05, 0) is 29.6 Å². The maximum absolute atomic E-state index is 12.9. The third kappa shape index (κ3) is 4.95. The first-order chi connectivity index (χ1) is 17.0. The Morgan fingerprint density at radius 3 is 2.77 bits per heavy atom.